The predicted molar refractivity (Wildman–Crippen MR) is 124 cm³/mol. The molecule has 1 saturated heterocycles. The summed E-state index contributed by atoms with van der Waals surface area (Å²) >= 11 is 0. The fourth-order valence-corrected chi connectivity index (χ4v) is 3.71. The fourth-order valence-electron chi connectivity index (χ4n) is 3.71. The third-order valence-corrected chi connectivity index (χ3v) is 5.53. The van der Waals surface area contributed by atoms with Gasteiger partial charge in [0.25, 0.3) is 5.91 Å². The lowest BCUT2D eigenvalue weighted by atomic mass is 10.1. The van der Waals surface area contributed by atoms with E-state index in [0.29, 0.717) is 38.7 Å². The van der Waals surface area contributed by atoms with E-state index in [-0.39, 0.29) is 12.5 Å². The number of oxime groups is 1. The van der Waals surface area contributed by atoms with Gasteiger partial charge in [0, 0.05) is 24.8 Å². The van der Waals surface area contributed by atoms with Crippen LogP contribution in [0.4, 0.5) is 0 Å². The van der Waals surface area contributed by atoms with E-state index in [1.165, 1.54) is 10.9 Å². The molecule has 1 fully saturated rings. The van der Waals surface area contributed by atoms with Crippen molar-refractivity contribution < 1.29 is 19.1 Å². The monoisotopic (exact) mass is 435 g/mol. The van der Waals surface area contributed by atoms with Crippen molar-refractivity contribution in [2.24, 2.45) is 5.16 Å². The minimum Gasteiger partial charge on any atom is -0.484 e. The van der Waals surface area contributed by atoms with E-state index in [9.17, 15) is 4.79 Å². The zero-order valence-corrected chi connectivity index (χ0v) is 18.4. The van der Waals surface area contributed by atoms with Crippen LogP contribution in [-0.2, 0) is 20.9 Å². The number of para-hydroxylation sites is 1. The molecule has 0 saturated carbocycles. The Labute approximate surface area is 188 Å². The number of ether oxygens (including phenoxy) is 2. The van der Waals surface area contributed by atoms with Gasteiger partial charge < -0.3 is 23.8 Å². The summed E-state index contributed by atoms with van der Waals surface area (Å²) in [7, 11) is 0. The van der Waals surface area contributed by atoms with Gasteiger partial charge in [0.2, 0.25) is 0 Å². The number of fused-ring (bicyclic) bond motifs is 1. The molecule has 0 bridgehead atoms. The molecule has 1 aliphatic heterocycles. The van der Waals surface area contributed by atoms with Crippen LogP contribution in [0.15, 0.2) is 65.9 Å². The second-order valence-electron chi connectivity index (χ2n) is 7.60. The van der Waals surface area contributed by atoms with Crippen molar-refractivity contribution in [3.63, 3.8) is 0 Å². The highest BCUT2D eigenvalue weighted by Crippen LogP contribution is 2.16. The van der Waals surface area contributed by atoms with E-state index in [1.54, 1.807) is 4.90 Å². The third kappa shape index (κ3) is 5.48. The first-order valence-electron chi connectivity index (χ1n) is 11.1. The van der Waals surface area contributed by atoms with Crippen molar-refractivity contribution >= 4 is 22.5 Å². The highest BCUT2D eigenvalue weighted by atomic mass is 16.6. The molecule has 0 radical (unpaired) electrons. The molecule has 4 rings (SSSR count). The summed E-state index contributed by atoms with van der Waals surface area (Å²) in [5.74, 6) is 0.642. The van der Waals surface area contributed by atoms with Crippen LogP contribution in [0.25, 0.3) is 10.9 Å². The molecule has 0 spiro atoms. The Kier molecular flexibility index (Phi) is 7.40. The van der Waals surface area contributed by atoms with Gasteiger partial charge >= 0.3 is 0 Å². The number of benzene rings is 2. The van der Waals surface area contributed by atoms with E-state index < -0.39 is 0 Å². The number of amides is 1. The van der Waals surface area contributed by atoms with Crippen LogP contribution in [0, 0.1) is 0 Å². The molecule has 1 amide bonds. The van der Waals surface area contributed by atoms with Gasteiger partial charge in [-0.2, -0.15) is 0 Å². The van der Waals surface area contributed by atoms with E-state index in [2.05, 4.69) is 34.1 Å². The van der Waals surface area contributed by atoms with Crippen LogP contribution in [0.3, 0.4) is 0 Å². The summed E-state index contributed by atoms with van der Waals surface area (Å²) in [5, 5.41) is 5.57. The molecular formula is C25H29N3O4. The molecule has 32 heavy (non-hydrogen) atoms. The number of aromatic nitrogens is 1. The Hall–Kier alpha value is -3.32. The second-order valence-corrected chi connectivity index (χ2v) is 7.60. The predicted octanol–water partition coefficient (Wildman–Crippen LogP) is 3.71. The zero-order chi connectivity index (χ0) is 22.2. The quantitative estimate of drug-likeness (QED) is 0.292. The number of nitrogens with zero attached hydrogens (tertiary/aromatic N) is 3. The fraction of sp³-hybridized carbons (Fsp3) is 0.360. The van der Waals surface area contributed by atoms with E-state index in [4.69, 9.17) is 14.3 Å². The molecule has 0 atom stereocenters. The number of hydrogen-bond donors (Lipinski definition) is 0. The van der Waals surface area contributed by atoms with Crippen LogP contribution >= 0.6 is 0 Å². The number of hydrogen-bond acceptors (Lipinski definition) is 5. The number of carbonyl (C=O) groups excluding carboxylic acids is 1. The third-order valence-electron chi connectivity index (χ3n) is 5.53. The van der Waals surface area contributed by atoms with Crippen LogP contribution in [0.5, 0.6) is 5.75 Å². The van der Waals surface area contributed by atoms with Crippen LogP contribution in [0.1, 0.15) is 18.9 Å². The Balaban J connectivity index is 1.27. The van der Waals surface area contributed by atoms with Gasteiger partial charge in [0.1, 0.15) is 12.4 Å². The van der Waals surface area contributed by atoms with E-state index in [0.717, 1.165) is 24.2 Å². The smallest absolute Gasteiger partial charge is 0.260 e. The highest BCUT2D eigenvalue weighted by molar-refractivity contribution is 6.00. The topological polar surface area (TPSA) is 65.3 Å². The number of carbonyl (C=O) groups is 1. The van der Waals surface area contributed by atoms with Crippen LogP contribution < -0.4 is 4.74 Å². The molecule has 2 aromatic carbocycles. The molecule has 1 aliphatic rings. The molecule has 0 unspecified atom stereocenters. The summed E-state index contributed by atoms with van der Waals surface area (Å²) in [6, 6.07) is 18.0. The van der Waals surface area contributed by atoms with Gasteiger partial charge in [-0.05, 0) is 53.8 Å². The van der Waals surface area contributed by atoms with Gasteiger partial charge in [0.15, 0.2) is 6.61 Å². The maximum atomic E-state index is 12.2. The Morgan fingerprint density at radius 3 is 2.62 bits per heavy atom. The number of rotatable bonds is 9. The summed E-state index contributed by atoms with van der Waals surface area (Å²) in [5.41, 5.74) is 3.04. The van der Waals surface area contributed by atoms with Crippen molar-refractivity contribution in [1.29, 1.82) is 0 Å². The Morgan fingerprint density at radius 1 is 1.06 bits per heavy atom. The van der Waals surface area contributed by atoms with Crippen molar-refractivity contribution in [2.75, 3.05) is 39.5 Å². The molecule has 1 aromatic heterocycles. The first-order valence-corrected chi connectivity index (χ1v) is 11.1. The lowest BCUT2D eigenvalue weighted by molar-refractivity contribution is -0.137. The summed E-state index contributed by atoms with van der Waals surface area (Å²) in [4.78, 5) is 19.6. The molecule has 7 nitrogen and oxygen atoms in total. The Bertz CT molecular complexity index is 1050. The molecular weight excluding hydrogens is 406 g/mol. The molecule has 3 aromatic rings. The van der Waals surface area contributed by atoms with Crippen LogP contribution in [-0.4, -0.2) is 60.6 Å². The standard InChI is InChI=1S/C25H29N3O4/c1-2-23(26-32-18-15-27-12-11-21-5-3-4-6-24(21)27)20-7-9-22(10-8-20)31-19-25(29)28-13-16-30-17-14-28/h3-12H,2,13-19H2,1H3/b26-23+. The maximum Gasteiger partial charge on any atom is 0.260 e. The van der Waals surface area contributed by atoms with E-state index >= 15 is 0 Å². The molecule has 2 heterocycles. The minimum absolute atomic E-state index is 0.0166. The molecule has 0 N–H and O–H groups in total. The van der Waals surface area contributed by atoms with Gasteiger partial charge in [-0.25, -0.2) is 0 Å². The second kappa shape index (κ2) is 10.8. The van der Waals surface area contributed by atoms with Gasteiger partial charge in [-0.15, -0.1) is 0 Å². The summed E-state index contributed by atoms with van der Waals surface area (Å²) < 4.78 is 13.1. The molecule has 7 heteroatoms. The highest BCUT2D eigenvalue weighted by Gasteiger charge is 2.17. The lowest BCUT2D eigenvalue weighted by Gasteiger charge is -2.26. The molecule has 168 valence electrons. The first-order chi connectivity index (χ1) is 15.7. The SMILES string of the molecule is CC/C(=N\OCCn1ccc2ccccc21)c1ccc(OCC(=O)N2CCOCC2)cc1. The normalized spacial score (nSPS) is 14.5. The molecule has 0 aliphatic carbocycles. The van der Waals surface area contributed by atoms with Crippen LogP contribution in [0.2, 0.25) is 0 Å². The average molecular weight is 436 g/mol. The van der Waals surface area contributed by atoms with Gasteiger partial charge in [-0.3, -0.25) is 4.79 Å². The average Bonchev–Trinajstić information content (AvgIpc) is 3.27. The Morgan fingerprint density at radius 2 is 1.84 bits per heavy atom. The van der Waals surface area contributed by atoms with E-state index in [1.807, 2.05) is 43.3 Å². The van der Waals surface area contributed by atoms with Gasteiger partial charge in [-0.1, -0.05) is 30.3 Å². The van der Waals surface area contributed by atoms with Crippen molar-refractivity contribution in [3.05, 3.63) is 66.4 Å². The largest absolute Gasteiger partial charge is 0.484 e. The van der Waals surface area contributed by atoms with Gasteiger partial charge in [0.05, 0.1) is 25.5 Å². The van der Waals surface area contributed by atoms with Crippen molar-refractivity contribution in [1.82, 2.24) is 9.47 Å². The minimum atomic E-state index is -0.0166. The first kappa shape index (κ1) is 21.9. The van der Waals surface area contributed by atoms with Crippen molar-refractivity contribution in [2.45, 2.75) is 19.9 Å². The zero-order valence-electron chi connectivity index (χ0n) is 18.4. The summed E-state index contributed by atoms with van der Waals surface area (Å²) in [6.07, 6.45) is 2.82. The maximum absolute atomic E-state index is 12.2. The van der Waals surface area contributed by atoms with Crippen molar-refractivity contribution in [3.8, 4) is 5.75 Å². The number of morpholine rings is 1. The summed E-state index contributed by atoms with van der Waals surface area (Å²) in [6.45, 7) is 5.73. The lowest BCUT2D eigenvalue weighted by Crippen LogP contribution is -2.42.